The molecule has 0 spiro atoms. The summed E-state index contributed by atoms with van der Waals surface area (Å²) in [5.41, 5.74) is -0.922. The van der Waals surface area contributed by atoms with Crippen molar-refractivity contribution >= 4 is 5.97 Å². The predicted molar refractivity (Wildman–Crippen MR) is 61.3 cm³/mol. The van der Waals surface area contributed by atoms with Gasteiger partial charge in [-0.15, -0.1) is 0 Å². The molecule has 3 nitrogen and oxygen atoms in total. The zero-order valence-corrected chi connectivity index (χ0v) is 10.1. The monoisotopic (exact) mass is 226 g/mol. The smallest absolute Gasteiger partial charge is 0.335 e. The number of aliphatic carboxylic acids is 1. The molecule has 0 amide bonds. The Morgan fingerprint density at radius 2 is 1.69 bits per heavy atom. The number of hydrogen-bond acceptors (Lipinski definition) is 2. The zero-order valence-electron chi connectivity index (χ0n) is 10.1. The highest BCUT2D eigenvalue weighted by atomic mass is 16.5. The highest BCUT2D eigenvalue weighted by Crippen LogP contribution is 2.43. The van der Waals surface area contributed by atoms with Gasteiger partial charge < -0.3 is 9.84 Å². The first kappa shape index (κ1) is 11.9. The van der Waals surface area contributed by atoms with Crippen molar-refractivity contribution in [3.05, 3.63) is 0 Å². The van der Waals surface area contributed by atoms with Gasteiger partial charge in [0.25, 0.3) is 0 Å². The Kier molecular flexibility index (Phi) is 3.53. The van der Waals surface area contributed by atoms with Crippen LogP contribution in [0.3, 0.4) is 0 Å². The average Bonchev–Trinajstić information content (AvgIpc) is 3.05. The van der Waals surface area contributed by atoms with E-state index in [0.29, 0.717) is 0 Å². The Morgan fingerprint density at radius 3 is 2.12 bits per heavy atom. The molecule has 1 N–H and O–H groups in total. The van der Waals surface area contributed by atoms with Gasteiger partial charge in [0, 0.05) is 0 Å². The second-order valence-electron chi connectivity index (χ2n) is 5.42. The summed E-state index contributed by atoms with van der Waals surface area (Å²) in [6, 6.07) is 0. The second-order valence-corrected chi connectivity index (χ2v) is 5.42. The maximum Gasteiger partial charge on any atom is 0.335 e. The summed E-state index contributed by atoms with van der Waals surface area (Å²) in [7, 11) is 0. The van der Waals surface area contributed by atoms with Crippen LogP contribution in [0.1, 0.15) is 58.3 Å². The number of rotatable bonds is 4. The maximum absolute atomic E-state index is 11.3. The normalized spacial score (nSPS) is 27.1. The molecule has 0 aromatic carbocycles. The Labute approximate surface area is 97.2 Å². The van der Waals surface area contributed by atoms with Crippen LogP contribution in [0.2, 0.25) is 0 Å². The molecule has 0 aliphatic heterocycles. The molecule has 0 saturated heterocycles. The minimum absolute atomic E-state index is 0.171. The maximum atomic E-state index is 11.3. The van der Waals surface area contributed by atoms with Crippen molar-refractivity contribution in [2.75, 3.05) is 0 Å². The lowest BCUT2D eigenvalue weighted by Crippen LogP contribution is -2.43. The van der Waals surface area contributed by atoms with Crippen LogP contribution in [0.25, 0.3) is 0 Å². The quantitative estimate of drug-likeness (QED) is 0.750. The van der Waals surface area contributed by atoms with Crippen LogP contribution in [0.4, 0.5) is 0 Å². The van der Waals surface area contributed by atoms with Gasteiger partial charge in [-0.1, -0.05) is 25.7 Å². The van der Waals surface area contributed by atoms with Crippen molar-refractivity contribution < 1.29 is 14.6 Å². The summed E-state index contributed by atoms with van der Waals surface area (Å²) < 4.78 is 5.94. The fourth-order valence-electron chi connectivity index (χ4n) is 2.66. The minimum atomic E-state index is -0.922. The third-order valence-corrected chi connectivity index (χ3v) is 3.99. The van der Waals surface area contributed by atoms with E-state index in [9.17, 15) is 9.90 Å². The molecule has 16 heavy (non-hydrogen) atoms. The van der Waals surface area contributed by atoms with Crippen molar-refractivity contribution in [3.8, 4) is 0 Å². The van der Waals surface area contributed by atoms with Gasteiger partial charge in [-0.25, -0.2) is 4.79 Å². The van der Waals surface area contributed by atoms with E-state index < -0.39 is 11.6 Å². The summed E-state index contributed by atoms with van der Waals surface area (Å²) in [5.74, 6) is -0.535. The molecule has 0 aromatic rings. The molecule has 0 aromatic heterocycles. The largest absolute Gasteiger partial charge is 0.479 e. The van der Waals surface area contributed by atoms with Crippen LogP contribution in [0.15, 0.2) is 0 Å². The van der Waals surface area contributed by atoms with E-state index in [2.05, 4.69) is 0 Å². The molecule has 2 saturated carbocycles. The number of carboxylic acids is 1. The van der Waals surface area contributed by atoms with Crippen molar-refractivity contribution in [1.82, 2.24) is 0 Å². The fourth-order valence-corrected chi connectivity index (χ4v) is 2.66. The molecule has 0 bridgehead atoms. The van der Waals surface area contributed by atoms with Gasteiger partial charge in [-0.3, -0.25) is 0 Å². The lowest BCUT2D eigenvalue weighted by atomic mass is 9.99. The van der Waals surface area contributed by atoms with Crippen LogP contribution in [0, 0.1) is 5.92 Å². The fraction of sp³-hybridized carbons (Fsp3) is 0.923. The summed E-state index contributed by atoms with van der Waals surface area (Å²) in [6.45, 7) is 1.76. The van der Waals surface area contributed by atoms with E-state index in [4.69, 9.17) is 4.74 Å². The van der Waals surface area contributed by atoms with E-state index in [1.165, 1.54) is 25.7 Å². The van der Waals surface area contributed by atoms with Gasteiger partial charge in [0.15, 0.2) is 5.60 Å². The standard InChI is InChI=1S/C13H22O3/c1-13(12(14)15,10-8-9-10)16-11-6-4-2-3-5-7-11/h10-11H,2-9H2,1H3,(H,14,15). The molecule has 1 atom stereocenters. The Balaban J connectivity index is 1.96. The Hall–Kier alpha value is -0.570. The Morgan fingerprint density at radius 1 is 1.12 bits per heavy atom. The first-order valence-electron chi connectivity index (χ1n) is 6.54. The van der Waals surface area contributed by atoms with Crippen molar-refractivity contribution in [3.63, 3.8) is 0 Å². The van der Waals surface area contributed by atoms with Crippen molar-refractivity contribution in [1.29, 1.82) is 0 Å². The molecule has 2 aliphatic carbocycles. The van der Waals surface area contributed by atoms with Gasteiger partial charge in [0.05, 0.1) is 6.10 Å². The molecule has 2 rings (SSSR count). The van der Waals surface area contributed by atoms with Crippen LogP contribution in [-0.4, -0.2) is 22.8 Å². The summed E-state index contributed by atoms with van der Waals surface area (Å²) in [5, 5.41) is 9.32. The topological polar surface area (TPSA) is 46.5 Å². The van der Waals surface area contributed by atoms with Gasteiger partial charge in [-0.05, 0) is 38.5 Å². The second kappa shape index (κ2) is 4.74. The Bertz CT molecular complexity index is 252. The van der Waals surface area contributed by atoms with E-state index >= 15 is 0 Å². The molecule has 2 aliphatic rings. The van der Waals surface area contributed by atoms with Crippen LogP contribution in [0.5, 0.6) is 0 Å². The molecule has 92 valence electrons. The number of carbonyl (C=O) groups is 1. The van der Waals surface area contributed by atoms with E-state index in [0.717, 1.165) is 25.7 Å². The van der Waals surface area contributed by atoms with E-state index in [-0.39, 0.29) is 12.0 Å². The van der Waals surface area contributed by atoms with E-state index in [1.54, 1.807) is 6.92 Å². The van der Waals surface area contributed by atoms with E-state index in [1.807, 2.05) is 0 Å². The van der Waals surface area contributed by atoms with Gasteiger partial charge in [0.1, 0.15) is 0 Å². The lowest BCUT2D eigenvalue weighted by molar-refractivity contribution is -0.176. The van der Waals surface area contributed by atoms with Crippen LogP contribution in [-0.2, 0) is 9.53 Å². The summed E-state index contributed by atoms with van der Waals surface area (Å²) >= 11 is 0. The summed E-state index contributed by atoms with van der Waals surface area (Å²) in [4.78, 5) is 11.3. The number of carboxylic acid groups (broad SMARTS) is 1. The van der Waals surface area contributed by atoms with Crippen molar-refractivity contribution in [2.45, 2.75) is 70.0 Å². The molecule has 3 heteroatoms. The molecule has 0 radical (unpaired) electrons. The molecule has 1 unspecified atom stereocenters. The van der Waals surface area contributed by atoms with Crippen LogP contribution >= 0.6 is 0 Å². The summed E-state index contributed by atoms with van der Waals surface area (Å²) in [6.07, 6.45) is 9.18. The first-order valence-corrected chi connectivity index (χ1v) is 6.54. The number of hydrogen-bond donors (Lipinski definition) is 1. The van der Waals surface area contributed by atoms with Crippen LogP contribution < -0.4 is 0 Å². The van der Waals surface area contributed by atoms with Gasteiger partial charge in [0.2, 0.25) is 0 Å². The molecular formula is C13H22O3. The first-order chi connectivity index (χ1) is 7.63. The molecule has 2 fully saturated rings. The highest BCUT2D eigenvalue weighted by molar-refractivity contribution is 5.78. The zero-order chi connectivity index (χ0) is 11.6. The van der Waals surface area contributed by atoms with Gasteiger partial charge in [-0.2, -0.15) is 0 Å². The average molecular weight is 226 g/mol. The SMILES string of the molecule is CC(OC1CCCCCC1)(C(=O)O)C1CC1. The third-order valence-electron chi connectivity index (χ3n) is 3.99. The minimum Gasteiger partial charge on any atom is -0.479 e. The predicted octanol–water partition coefficient (Wildman–Crippen LogP) is 2.98. The highest BCUT2D eigenvalue weighted by Gasteiger charge is 2.49. The lowest BCUT2D eigenvalue weighted by Gasteiger charge is -2.30. The third kappa shape index (κ3) is 2.57. The molecular weight excluding hydrogens is 204 g/mol. The van der Waals surface area contributed by atoms with Gasteiger partial charge >= 0.3 is 5.97 Å². The molecule has 0 heterocycles. The van der Waals surface area contributed by atoms with Crippen molar-refractivity contribution in [2.24, 2.45) is 5.92 Å². The number of ether oxygens (including phenoxy) is 1.